The van der Waals surface area contributed by atoms with Gasteiger partial charge in [0.1, 0.15) is 5.75 Å². The number of thiocarbonyl (C=S) groups is 1. The summed E-state index contributed by atoms with van der Waals surface area (Å²) in [6, 6.07) is 14.6. The van der Waals surface area contributed by atoms with Gasteiger partial charge in [-0.05, 0) is 35.9 Å². The SMILES string of the molecule is COc1ccccc1N1C(=O)C(=Cc2cccc(Cl)c2)SC1=S. The molecule has 0 spiro atoms. The minimum atomic E-state index is -0.163. The average molecular weight is 362 g/mol. The second-order valence-electron chi connectivity index (χ2n) is 4.74. The van der Waals surface area contributed by atoms with Gasteiger partial charge in [-0.15, -0.1) is 0 Å². The maximum Gasteiger partial charge on any atom is 0.270 e. The summed E-state index contributed by atoms with van der Waals surface area (Å²) in [5.41, 5.74) is 1.50. The molecule has 2 aromatic carbocycles. The van der Waals surface area contributed by atoms with Gasteiger partial charge in [0, 0.05) is 5.02 Å². The molecule has 116 valence electrons. The third-order valence-corrected chi connectivity index (χ3v) is 4.80. The molecular formula is C17H12ClNO2S2. The molecule has 0 atom stereocenters. The van der Waals surface area contributed by atoms with E-state index in [0.29, 0.717) is 25.7 Å². The molecule has 1 heterocycles. The number of halogens is 1. The van der Waals surface area contributed by atoms with Crippen LogP contribution in [0.4, 0.5) is 5.69 Å². The van der Waals surface area contributed by atoms with Crippen molar-refractivity contribution in [3.63, 3.8) is 0 Å². The van der Waals surface area contributed by atoms with Gasteiger partial charge >= 0.3 is 0 Å². The number of rotatable bonds is 3. The van der Waals surface area contributed by atoms with Gasteiger partial charge in [-0.3, -0.25) is 9.69 Å². The van der Waals surface area contributed by atoms with Crippen molar-refractivity contribution in [3.8, 4) is 5.75 Å². The van der Waals surface area contributed by atoms with Crippen molar-refractivity contribution in [2.45, 2.75) is 0 Å². The van der Waals surface area contributed by atoms with Gasteiger partial charge in [0.15, 0.2) is 4.32 Å². The molecule has 0 saturated carbocycles. The van der Waals surface area contributed by atoms with Gasteiger partial charge < -0.3 is 4.74 Å². The topological polar surface area (TPSA) is 29.5 Å². The minimum absolute atomic E-state index is 0.163. The van der Waals surface area contributed by atoms with Crippen molar-refractivity contribution >= 4 is 57.6 Å². The number of nitrogens with zero attached hydrogens (tertiary/aromatic N) is 1. The number of benzene rings is 2. The summed E-state index contributed by atoms with van der Waals surface area (Å²) in [6.45, 7) is 0. The summed E-state index contributed by atoms with van der Waals surface area (Å²) < 4.78 is 5.80. The van der Waals surface area contributed by atoms with Gasteiger partial charge in [-0.1, -0.05) is 59.8 Å². The Morgan fingerprint density at radius 3 is 2.74 bits per heavy atom. The number of thioether (sulfide) groups is 1. The maximum absolute atomic E-state index is 12.7. The number of amides is 1. The predicted molar refractivity (Wildman–Crippen MR) is 100 cm³/mol. The molecule has 2 aromatic rings. The zero-order chi connectivity index (χ0) is 16.4. The van der Waals surface area contributed by atoms with Gasteiger partial charge in [-0.25, -0.2) is 0 Å². The Bertz CT molecular complexity index is 820. The van der Waals surface area contributed by atoms with Crippen molar-refractivity contribution in [2.75, 3.05) is 12.0 Å². The van der Waals surface area contributed by atoms with Gasteiger partial charge in [0.25, 0.3) is 5.91 Å². The number of ether oxygens (including phenoxy) is 1. The lowest BCUT2D eigenvalue weighted by atomic mass is 10.2. The highest BCUT2D eigenvalue weighted by Gasteiger charge is 2.34. The maximum atomic E-state index is 12.7. The van der Waals surface area contributed by atoms with E-state index in [1.165, 1.54) is 16.7 Å². The molecular weight excluding hydrogens is 350 g/mol. The van der Waals surface area contributed by atoms with Crippen molar-refractivity contribution in [3.05, 3.63) is 64.0 Å². The van der Waals surface area contributed by atoms with Crippen LogP contribution in [0, 0.1) is 0 Å². The normalized spacial score (nSPS) is 16.3. The summed E-state index contributed by atoms with van der Waals surface area (Å²) in [7, 11) is 1.57. The van der Waals surface area contributed by atoms with E-state index in [4.69, 9.17) is 28.6 Å². The van der Waals surface area contributed by atoms with Crippen LogP contribution in [-0.4, -0.2) is 17.3 Å². The van der Waals surface area contributed by atoms with Crippen molar-refractivity contribution in [1.82, 2.24) is 0 Å². The van der Waals surface area contributed by atoms with Crippen LogP contribution < -0.4 is 9.64 Å². The van der Waals surface area contributed by atoms with Crippen LogP contribution in [0.3, 0.4) is 0 Å². The van der Waals surface area contributed by atoms with Crippen LogP contribution in [-0.2, 0) is 4.79 Å². The van der Waals surface area contributed by atoms with Crippen LogP contribution in [0.25, 0.3) is 6.08 Å². The molecule has 23 heavy (non-hydrogen) atoms. The molecule has 0 aliphatic carbocycles. The standard InChI is InChI=1S/C17H12ClNO2S2/c1-21-14-8-3-2-7-13(14)19-16(20)15(23-17(19)22)10-11-5-4-6-12(18)9-11/h2-10H,1H3. The highest BCUT2D eigenvalue weighted by Crippen LogP contribution is 2.39. The predicted octanol–water partition coefficient (Wildman–Crippen LogP) is 4.75. The minimum Gasteiger partial charge on any atom is -0.495 e. The number of methoxy groups -OCH3 is 1. The molecule has 1 fully saturated rings. The zero-order valence-electron chi connectivity index (χ0n) is 12.2. The number of hydrogen-bond acceptors (Lipinski definition) is 4. The first-order valence-corrected chi connectivity index (χ1v) is 8.37. The van der Waals surface area contributed by atoms with Crippen LogP contribution in [0.1, 0.15) is 5.56 Å². The van der Waals surface area contributed by atoms with E-state index in [2.05, 4.69) is 0 Å². The van der Waals surface area contributed by atoms with Crippen molar-refractivity contribution < 1.29 is 9.53 Å². The summed E-state index contributed by atoms with van der Waals surface area (Å²) in [5.74, 6) is 0.442. The van der Waals surface area contributed by atoms with E-state index < -0.39 is 0 Å². The fraction of sp³-hybridized carbons (Fsp3) is 0.0588. The van der Waals surface area contributed by atoms with E-state index in [-0.39, 0.29) is 5.91 Å². The third-order valence-electron chi connectivity index (χ3n) is 3.27. The van der Waals surface area contributed by atoms with Gasteiger partial charge in [-0.2, -0.15) is 0 Å². The monoisotopic (exact) mass is 361 g/mol. The molecule has 3 nitrogen and oxygen atoms in total. The largest absolute Gasteiger partial charge is 0.495 e. The van der Waals surface area contributed by atoms with Gasteiger partial charge in [0.2, 0.25) is 0 Å². The second kappa shape index (κ2) is 6.74. The highest BCUT2D eigenvalue weighted by molar-refractivity contribution is 8.27. The Labute approximate surface area is 148 Å². The smallest absolute Gasteiger partial charge is 0.270 e. The molecule has 1 saturated heterocycles. The summed E-state index contributed by atoms with van der Waals surface area (Å²) >= 11 is 12.6. The highest BCUT2D eigenvalue weighted by atomic mass is 35.5. The van der Waals surface area contributed by atoms with Crippen LogP contribution in [0.5, 0.6) is 5.75 Å². The number of hydrogen-bond donors (Lipinski definition) is 0. The first-order chi connectivity index (χ1) is 11.1. The number of para-hydroxylation sites is 2. The van der Waals surface area contributed by atoms with E-state index in [9.17, 15) is 4.79 Å². The Balaban J connectivity index is 1.97. The fourth-order valence-corrected chi connectivity index (χ4v) is 3.72. The van der Waals surface area contributed by atoms with Crippen molar-refractivity contribution in [1.29, 1.82) is 0 Å². The summed E-state index contributed by atoms with van der Waals surface area (Å²) in [5, 5.41) is 0.624. The molecule has 1 aliphatic heterocycles. The Kier molecular flexibility index (Phi) is 4.71. The molecule has 0 aromatic heterocycles. The Morgan fingerprint density at radius 2 is 2.00 bits per heavy atom. The van der Waals surface area contributed by atoms with Crippen LogP contribution >= 0.6 is 35.6 Å². The third kappa shape index (κ3) is 3.27. The lowest BCUT2D eigenvalue weighted by Gasteiger charge is -2.17. The summed E-state index contributed by atoms with van der Waals surface area (Å²) in [6.07, 6.45) is 1.79. The van der Waals surface area contributed by atoms with Crippen molar-refractivity contribution in [2.24, 2.45) is 0 Å². The van der Waals surface area contributed by atoms with E-state index in [1.807, 2.05) is 30.3 Å². The average Bonchev–Trinajstić information content (AvgIpc) is 2.81. The lowest BCUT2D eigenvalue weighted by Crippen LogP contribution is -2.27. The first-order valence-electron chi connectivity index (χ1n) is 6.76. The molecule has 0 bridgehead atoms. The van der Waals surface area contributed by atoms with E-state index in [0.717, 1.165) is 5.56 Å². The Morgan fingerprint density at radius 1 is 1.22 bits per heavy atom. The molecule has 3 rings (SSSR count). The van der Waals surface area contributed by atoms with E-state index in [1.54, 1.807) is 31.4 Å². The number of carbonyl (C=O) groups excluding carboxylic acids is 1. The molecule has 0 radical (unpaired) electrons. The molecule has 0 unspecified atom stereocenters. The molecule has 0 N–H and O–H groups in total. The summed E-state index contributed by atoms with van der Waals surface area (Å²) in [4.78, 5) is 14.8. The number of carbonyl (C=O) groups is 1. The number of anilines is 1. The second-order valence-corrected chi connectivity index (χ2v) is 6.86. The van der Waals surface area contributed by atoms with E-state index >= 15 is 0 Å². The van der Waals surface area contributed by atoms with Gasteiger partial charge in [0.05, 0.1) is 17.7 Å². The first kappa shape index (κ1) is 16.1. The Hall–Kier alpha value is -1.82. The molecule has 6 heteroatoms. The lowest BCUT2D eigenvalue weighted by molar-refractivity contribution is -0.113. The van der Waals surface area contributed by atoms with Crippen LogP contribution in [0.2, 0.25) is 5.02 Å². The quantitative estimate of drug-likeness (QED) is 0.582. The van der Waals surface area contributed by atoms with Crippen LogP contribution in [0.15, 0.2) is 53.4 Å². The fourth-order valence-electron chi connectivity index (χ4n) is 2.24. The molecule has 1 aliphatic rings. The zero-order valence-corrected chi connectivity index (χ0v) is 14.5. The molecule has 1 amide bonds.